The predicted octanol–water partition coefficient (Wildman–Crippen LogP) is 2.50. The molecule has 0 saturated carbocycles. The summed E-state index contributed by atoms with van der Waals surface area (Å²) in [6, 6.07) is 6.73. The fourth-order valence-corrected chi connectivity index (χ4v) is 2.77. The van der Waals surface area contributed by atoms with Crippen molar-refractivity contribution in [3.05, 3.63) is 29.3 Å². The first kappa shape index (κ1) is 15.8. The minimum absolute atomic E-state index is 0.101. The first-order valence-corrected chi connectivity index (χ1v) is 7.90. The summed E-state index contributed by atoms with van der Waals surface area (Å²) in [4.78, 5) is 13.5. The normalized spacial score (nSPS) is 13.9. The van der Waals surface area contributed by atoms with Crippen molar-refractivity contribution in [2.75, 3.05) is 31.6 Å². The highest BCUT2D eigenvalue weighted by molar-refractivity contribution is 5.69. The maximum absolute atomic E-state index is 11.2. The average Bonchev–Trinajstić information content (AvgIpc) is 2.47. The number of nitrogens with zero attached hydrogens (tertiary/aromatic N) is 1. The quantitative estimate of drug-likeness (QED) is 0.619. The number of carbonyl (C=O) groups is 1. The SMILES string of the molecule is CCOC(=O)CCCNCc1ccc2c(c1)CCCN2C. The van der Waals surface area contributed by atoms with E-state index in [2.05, 4.69) is 35.5 Å². The molecule has 0 aromatic heterocycles. The predicted molar refractivity (Wildman–Crippen MR) is 85.6 cm³/mol. The number of hydrogen-bond acceptors (Lipinski definition) is 4. The molecule has 1 aromatic rings. The van der Waals surface area contributed by atoms with Crippen molar-refractivity contribution < 1.29 is 9.53 Å². The summed E-state index contributed by atoms with van der Waals surface area (Å²) >= 11 is 0. The lowest BCUT2D eigenvalue weighted by Gasteiger charge is -2.27. The van der Waals surface area contributed by atoms with Gasteiger partial charge in [0.25, 0.3) is 0 Å². The van der Waals surface area contributed by atoms with Crippen LogP contribution in [-0.4, -0.2) is 32.7 Å². The maximum atomic E-state index is 11.2. The average molecular weight is 290 g/mol. The lowest BCUT2D eigenvalue weighted by Crippen LogP contribution is -2.25. The molecule has 0 aliphatic carbocycles. The van der Waals surface area contributed by atoms with Crippen LogP contribution < -0.4 is 10.2 Å². The van der Waals surface area contributed by atoms with Crippen molar-refractivity contribution in [1.29, 1.82) is 0 Å². The molecule has 4 nitrogen and oxygen atoms in total. The topological polar surface area (TPSA) is 41.6 Å². The summed E-state index contributed by atoms with van der Waals surface area (Å²) in [5.41, 5.74) is 4.14. The number of fused-ring (bicyclic) bond motifs is 1. The Hall–Kier alpha value is -1.55. The van der Waals surface area contributed by atoms with Gasteiger partial charge in [0.05, 0.1) is 6.61 Å². The van der Waals surface area contributed by atoms with Crippen LogP contribution in [0.15, 0.2) is 18.2 Å². The third-order valence-electron chi connectivity index (χ3n) is 3.86. The molecule has 1 N–H and O–H groups in total. The number of rotatable bonds is 7. The number of anilines is 1. The lowest BCUT2D eigenvalue weighted by molar-refractivity contribution is -0.143. The van der Waals surface area contributed by atoms with Gasteiger partial charge in [0.15, 0.2) is 0 Å². The molecular formula is C17H26N2O2. The van der Waals surface area contributed by atoms with E-state index < -0.39 is 0 Å². The molecule has 1 aromatic carbocycles. The Kier molecular flexibility index (Phi) is 6.05. The number of esters is 1. The second kappa shape index (κ2) is 8.03. The highest BCUT2D eigenvalue weighted by Crippen LogP contribution is 2.26. The number of ether oxygens (including phenoxy) is 1. The monoisotopic (exact) mass is 290 g/mol. The number of aryl methyl sites for hydroxylation is 1. The number of hydrogen-bond donors (Lipinski definition) is 1. The Bertz CT molecular complexity index is 474. The highest BCUT2D eigenvalue weighted by Gasteiger charge is 2.13. The van der Waals surface area contributed by atoms with E-state index in [0.29, 0.717) is 13.0 Å². The number of benzene rings is 1. The maximum Gasteiger partial charge on any atom is 0.305 e. The van der Waals surface area contributed by atoms with Crippen LogP contribution in [-0.2, 0) is 22.5 Å². The van der Waals surface area contributed by atoms with E-state index in [1.165, 1.54) is 29.7 Å². The van der Waals surface area contributed by atoms with Gasteiger partial charge in [0.1, 0.15) is 0 Å². The van der Waals surface area contributed by atoms with Gasteiger partial charge in [-0.3, -0.25) is 4.79 Å². The Morgan fingerprint density at radius 3 is 3.10 bits per heavy atom. The van der Waals surface area contributed by atoms with Gasteiger partial charge in [0.2, 0.25) is 0 Å². The van der Waals surface area contributed by atoms with Crippen LogP contribution in [0.5, 0.6) is 0 Å². The van der Waals surface area contributed by atoms with Gasteiger partial charge in [-0.1, -0.05) is 12.1 Å². The van der Waals surface area contributed by atoms with Crippen LogP contribution in [0.25, 0.3) is 0 Å². The Labute approximate surface area is 127 Å². The molecule has 0 saturated heterocycles. The lowest BCUT2D eigenvalue weighted by atomic mass is 9.99. The van der Waals surface area contributed by atoms with E-state index >= 15 is 0 Å². The summed E-state index contributed by atoms with van der Waals surface area (Å²) < 4.78 is 4.91. The second-order valence-electron chi connectivity index (χ2n) is 5.57. The molecular weight excluding hydrogens is 264 g/mol. The summed E-state index contributed by atoms with van der Waals surface area (Å²) in [7, 11) is 2.16. The van der Waals surface area contributed by atoms with Crippen LogP contribution >= 0.6 is 0 Å². The first-order valence-electron chi connectivity index (χ1n) is 7.90. The van der Waals surface area contributed by atoms with E-state index in [0.717, 1.165) is 26.1 Å². The molecule has 116 valence electrons. The smallest absolute Gasteiger partial charge is 0.305 e. The summed E-state index contributed by atoms with van der Waals surface area (Å²) in [6.45, 7) is 5.16. The molecule has 0 amide bonds. The first-order chi connectivity index (χ1) is 10.2. The number of carbonyl (C=O) groups excluding carboxylic acids is 1. The van der Waals surface area contributed by atoms with Crippen LogP contribution in [0.2, 0.25) is 0 Å². The molecule has 0 radical (unpaired) electrons. The summed E-state index contributed by atoms with van der Waals surface area (Å²) in [5.74, 6) is -0.101. The molecule has 0 spiro atoms. The second-order valence-corrected chi connectivity index (χ2v) is 5.57. The fraction of sp³-hybridized carbons (Fsp3) is 0.588. The van der Waals surface area contributed by atoms with Crippen LogP contribution in [0.4, 0.5) is 5.69 Å². The van der Waals surface area contributed by atoms with E-state index in [1.54, 1.807) is 0 Å². The Balaban J connectivity index is 1.73. The Morgan fingerprint density at radius 2 is 2.29 bits per heavy atom. The van der Waals surface area contributed by atoms with Crippen LogP contribution in [0.1, 0.15) is 37.3 Å². The van der Waals surface area contributed by atoms with E-state index in [4.69, 9.17) is 4.74 Å². The zero-order valence-corrected chi connectivity index (χ0v) is 13.2. The van der Waals surface area contributed by atoms with Gasteiger partial charge in [-0.25, -0.2) is 0 Å². The standard InChI is InChI=1S/C17H26N2O2/c1-3-21-17(20)7-4-10-18-13-14-8-9-16-15(12-14)6-5-11-19(16)2/h8-9,12,18H,3-7,10-11,13H2,1-2H3. The molecule has 0 fully saturated rings. The molecule has 4 heteroatoms. The van der Waals surface area contributed by atoms with Gasteiger partial charge in [-0.05, 0) is 49.9 Å². The third kappa shape index (κ3) is 4.74. The van der Waals surface area contributed by atoms with Crippen molar-refractivity contribution in [3.63, 3.8) is 0 Å². The van der Waals surface area contributed by atoms with Gasteiger partial charge in [-0.2, -0.15) is 0 Å². The van der Waals surface area contributed by atoms with Crippen LogP contribution in [0, 0.1) is 0 Å². The molecule has 0 bridgehead atoms. The molecule has 21 heavy (non-hydrogen) atoms. The van der Waals surface area contributed by atoms with Gasteiger partial charge < -0.3 is 15.0 Å². The fourth-order valence-electron chi connectivity index (χ4n) is 2.77. The molecule has 1 aliphatic rings. The third-order valence-corrected chi connectivity index (χ3v) is 3.86. The van der Waals surface area contributed by atoms with Crippen molar-refractivity contribution in [2.45, 2.75) is 39.2 Å². The minimum Gasteiger partial charge on any atom is -0.466 e. The summed E-state index contributed by atoms with van der Waals surface area (Å²) in [6.07, 6.45) is 3.73. The van der Waals surface area contributed by atoms with Gasteiger partial charge in [-0.15, -0.1) is 0 Å². The Morgan fingerprint density at radius 1 is 1.43 bits per heavy atom. The minimum atomic E-state index is -0.101. The molecule has 0 unspecified atom stereocenters. The summed E-state index contributed by atoms with van der Waals surface area (Å²) in [5, 5.41) is 3.40. The molecule has 0 atom stereocenters. The van der Waals surface area contributed by atoms with E-state index in [-0.39, 0.29) is 5.97 Å². The zero-order chi connectivity index (χ0) is 15.1. The van der Waals surface area contributed by atoms with Crippen molar-refractivity contribution >= 4 is 11.7 Å². The van der Waals surface area contributed by atoms with Crippen molar-refractivity contribution in [1.82, 2.24) is 5.32 Å². The molecule has 1 heterocycles. The van der Waals surface area contributed by atoms with Crippen molar-refractivity contribution in [3.8, 4) is 0 Å². The van der Waals surface area contributed by atoms with Crippen LogP contribution in [0.3, 0.4) is 0 Å². The van der Waals surface area contributed by atoms with Gasteiger partial charge >= 0.3 is 5.97 Å². The van der Waals surface area contributed by atoms with E-state index in [1.807, 2.05) is 6.92 Å². The molecule has 1 aliphatic heterocycles. The number of nitrogens with one attached hydrogen (secondary N) is 1. The van der Waals surface area contributed by atoms with Gasteiger partial charge in [0, 0.05) is 32.2 Å². The largest absolute Gasteiger partial charge is 0.466 e. The zero-order valence-electron chi connectivity index (χ0n) is 13.2. The van der Waals surface area contributed by atoms with Crippen molar-refractivity contribution in [2.24, 2.45) is 0 Å². The molecule has 2 rings (SSSR count). The van der Waals surface area contributed by atoms with E-state index in [9.17, 15) is 4.79 Å². The highest BCUT2D eigenvalue weighted by atomic mass is 16.5.